The van der Waals surface area contributed by atoms with E-state index in [2.05, 4.69) is 88.8 Å². The molecular weight excluding hydrogens is 424 g/mol. The number of carboxylic acid groups (broad SMARTS) is 1. The van der Waals surface area contributed by atoms with Crippen LogP contribution in [0.4, 0.5) is 0 Å². The number of rotatable bonds is 1. The summed E-state index contributed by atoms with van der Waals surface area (Å²) in [5, 5.41) is 9.77. The van der Waals surface area contributed by atoms with Crippen molar-refractivity contribution in [1.82, 2.24) is 0 Å². The van der Waals surface area contributed by atoms with Gasteiger partial charge in [-0.2, -0.15) is 0 Å². The van der Waals surface area contributed by atoms with E-state index < -0.39 is 11.9 Å². The van der Waals surface area contributed by atoms with Crippen molar-refractivity contribution in [2.45, 2.75) is 17.8 Å². The number of carboxylic acids is 1. The third-order valence-electron chi connectivity index (χ3n) is 7.11. The van der Waals surface area contributed by atoms with Gasteiger partial charge in [0, 0.05) is 16.3 Å². The summed E-state index contributed by atoms with van der Waals surface area (Å²) in [6.45, 7) is 0. The molecule has 4 atom stereocenters. The van der Waals surface area contributed by atoms with E-state index in [0.29, 0.717) is 12.3 Å². The minimum atomic E-state index is -0.748. The van der Waals surface area contributed by atoms with E-state index in [1.807, 2.05) is 6.08 Å². The molecule has 142 valence electrons. The molecule has 0 saturated carbocycles. The molecule has 2 nitrogen and oxygen atoms in total. The molecule has 0 aliphatic heterocycles. The zero-order valence-electron chi connectivity index (χ0n) is 15.7. The Morgan fingerprint density at radius 2 is 1.76 bits per heavy atom. The lowest BCUT2D eigenvalue weighted by molar-refractivity contribution is -0.140. The third-order valence-corrected chi connectivity index (χ3v) is 7.64. The summed E-state index contributed by atoms with van der Waals surface area (Å²) in [5.74, 6) is -0.699. The van der Waals surface area contributed by atoms with Crippen molar-refractivity contribution < 1.29 is 9.90 Å². The number of fused-ring (bicyclic) bond motifs is 9. The van der Waals surface area contributed by atoms with Gasteiger partial charge >= 0.3 is 5.97 Å². The Kier molecular flexibility index (Phi) is 3.52. The first-order valence-electron chi connectivity index (χ1n) is 10.0. The van der Waals surface area contributed by atoms with Gasteiger partial charge in [0.1, 0.15) is 0 Å². The molecule has 3 heteroatoms. The SMILES string of the molecule is O=C(O)C1C=CC2=C(C1)C1(c3ccccc32)c2ccccc2C2C=CC(Br)=CC21. The molecule has 0 bridgehead atoms. The molecule has 1 spiro atoms. The zero-order chi connectivity index (χ0) is 19.8. The summed E-state index contributed by atoms with van der Waals surface area (Å²) >= 11 is 3.71. The number of carbonyl (C=O) groups is 1. The number of allylic oxidation sites excluding steroid dienone is 7. The molecule has 2 aromatic rings. The van der Waals surface area contributed by atoms with Gasteiger partial charge in [0.2, 0.25) is 0 Å². The monoisotopic (exact) mass is 442 g/mol. The number of hydrogen-bond acceptors (Lipinski definition) is 1. The summed E-state index contributed by atoms with van der Waals surface area (Å²) in [6, 6.07) is 17.4. The van der Waals surface area contributed by atoms with Crippen LogP contribution in [0.1, 0.15) is 34.6 Å². The smallest absolute Gasteiger partial charge is 0.310 e. The first-order chi connectivity index (χ1) is 14.1. The largest absolute Gasteiger partial charge is 0.481 e. The minimum Gasteiger partial charge on any atom is -0.481 e. The average molecular weight is 443 g/mol. The normalized spacial score (nSPS) is 30.7. The highest BCUT2D eigenvalue weighted by Gasteiger charge is 2.58. The van der Waals surface area contributed by atoms with Crippen LogP contribution in [-0.2, 0) is 10.2 Å². The van der Waals surface area contributed by atoms with Gasteiger partial charge in [0.25, 0.3) is 0 Å². The lowest BCUT2D eigenvalue weighted by Crippen LogP contribution is -2.36. The Morgan fingerprint density at radius 1 is 1.00 bits per heavy atom. The van der Waals surface area contributed by atoms with Gasteiger partial charge in [-0.1, -0.05) is 94.8 Å². The zero-order valence-corrected chi connectivity index (χ0v) is 17.3. The van der Waals surface area contributed by atoms with Crippen LogP contribution in [-0.4, -0.2) is 11.1 Å². The molecule has 4 aliphatic carbocycles. The molecule has 0 heterocycles. The highest BCUT2D eigenvalue weighted by atomic mass is 79.9. The highest BCUT2D eigenvalue weighted by molar-refractivity contribution is 9.11. The number of aliphatic carboxylic acids is 1. The minimum absolute atomic E-state index is 0.230. The van der Waals surface area contributed by atoms with Crippen LogP contribution >= 0.6 is 15.9 Å². The predicted octanol–water partition coefficient (Wildman–Crippen LogP) is 5.96. The molecule has 0 fully saturated rings. The maximum Gasteiger partial charge on any atom is 0.310 e. The lowest BCUT2D eigenvalue weighted by Gasteiger charge is -2.39. The second-order valence-electron chi connectivity index (χ2n) is 8.30. The van der Waals surface area contributed by atoms with Crippen molar-refractivity contribution in [3.63, 3.8) is 0 Å². The predicted molar refractivity (Wildman–Crippen MR) is 118 cm³/mol. The van der Waals surface area contributed by atoms with Gasteiger partial charge < -0.3 is 5.11 Å². The van der Waals surface area contributed by atoms with Crippen molar-refractivity contribution in [2.75, 3.05) is 0 Å². The fraction of sp³-hybridized carbons (Fsp3) is 0.192. The van der Waals surface area contributed by atoms with Gasteiger partial charge in [-0.3, -0.25) is 4.79 Å². The van der Waals surface area contributed by atoms with Crippen molar-refractivity contribution in [3.05, 3.63) is 111 Å². The maximum absolute atomic E-state index is 11.9. The van der Waals surface area contributed by atoms with Crippen molar-refractivity contribution in [2.24, 2.45) is 11.8 Å². The van der Waals surface area contributed by atoms with Crippen LogP contribution in [0.5, 0.6) is 0 Å². The summed E-state index contributed by atoms with van der Waals surface area (Å²) in [6.07, 6.45) is 11.3. The van der Waals surface area contributed by atoms with Gasteiger partial charge in [0.15, 0.2) is 0 Å². The number of halogens is 1. The Morgan fingerprint density at radius 3 is 2.59 bits per heavy atom. The van der Waals surface area contributed by atoms with Crippen LogP contribution in [0.15, 0.2) is 89.0 Å². The molecule has 6 rings (SSSR count). The quantitative estimate of drug-likeness (QED) is 0.591. The van der Waals surface area contributed by atoms with E-state index in [4.69, 9.17) is 0 Å². The average Bonchev–Trinajstić information content (AvgIpc) is 3.20. The van der Waals surface area contributed by atoms with Crippen molar-refractivity contribution in [1.29, 1.82) is 0 Å². The van der Waals surface area contributed by atoms with E-state index in [1.165, 1.54) is 33.4 Å². The van der Waals surface area contributed by atoms with Gasteiger partial charge in [0.05, 0.1) is 11.3 Å². The first-order valence-corrected chi connectivity index (χ1v) is 10.8. The van der Waals surface area contributed by atoms with Crippen LogP contribution in [0.3, 0.4) is 0 Å². The van der Waals surface area contributed by atoms with E-state index >= 15 is 0 Å². The third kappa shape index (κ3) is 2.09. The molecule has 1 N–H and O–H groups in total. The number of benzene rings is 2. The molecule has 0 radical (unpaired) electrons. The Balaban J connectivity index is 1.71. The second kappa shape index (κ2) is 5.93. The van der Waals surface area contributed by atoms with Crippen LogP contribution in [0.2, 0.25) is 0 Å². The van der Waals surface area contributed by atoms with Gasteiger partial charge in [-0.25, -0.2) is 0 Å². The number of hydrogen-bond donors (Lipinski definition) is 1. The summed E-state index contributed by atoms with van der Waals surface area (Å²) in [4.78, 5) is 11.9. The molecular formula is C26H19BrO2. The molecule has 4 aliphatic rings. The highest BCUT2D eigenvalue weighted by Crippen LogP contribution is 2.66. The lowest BCUT2D eigenvalue weighted by atomic mass is 9.63. The van der Waals surface area contributed by atoms with E-state index in [0.717, 1.165) is 4.48 Å². The maximum atomic E-state index is 11.9. The Hall–Kier alpha value is -2.65. The molecule has 29 heavy (non-hydrogen) atoms. The van der Waals surface area contributed by atoms with E-state index in [1.54, 1.807) is 0 Å². The van der Waals surface area contributed by atoms with E-state index in [-0.39, 0.29) is 11.3 Å². The van der Waals surface area contributed by atoms with E-state index in [9.17, 15) is 9.90 Å². The van der Waals surface area contributed by atoms with Crippen molar-refractivity contribution in [3.8, 4) is 0 Å². The van der Waals surface area contributed by atoms with Gasteiger partial charge in [-0.15, -0.1) is 0 Å². The summed E-state index contributed by atoms with van der Waals surface area (Å²) in [7, 11) is 0. The fourth-order valence-electron chi connectivity index (χ4n) is 6.08. The standard InChI is InChI=1S/C26H19BrO2/c27-16-10-12-20-18-6-2-4-8-22(18)26(24(20)14-16)21-7-3-1-5-17(21)19-11-9-15(25(28)29)13-23(19)26/h1-12,14-15,20,24H,13H2,(H,28,29). The second-order valence-corrected chi connectivity index (χ2v) is 9.22. The van der Waals surface area contributed by atoms with Crippen LogP contribution in [0.25, 0.3) is 5.57 Å². The molecule has 2 aromatic carbocycles. The van der Waals surface area contributed by atoms with Gasteiger partial charge in [-0.05, 0) is 39.8 Å². The Bertz CT molecular complexity index is 1200. The fourth-order valence-corrected chi connectivity index (χ4v) is 6.52. The van der Waals surface area contributed by atoms with Crippen LogP contribution in [0, 0.1) is 11.8 Å². The topological polar surface area (TPSA) is 37.3 Å². The molecule has 4 unspecified atom stereocenters. The summed E-state index contributed by atoms with van der Waals surface area (Å²) < 4.78 is 1.10. The summed E-state index contributed by atoms with van der Waals surface area (Å²) in [5.41, 5.74) is 7.41. The Labute approximate surface area is 178 Å². The van der Waals surface area contributed by atoms with Crippen molar-refractivity contribution >= 4 is 27.5 Å². The molecule has 0 amide bonds. The van der Waals surface area contributed by atoms with Crippen LogP contribution < -0.4 is 0 Å². The molecule has 0 aromatic heterocycles. The first kappa shape index (κ1) is 17.2. The molecule has 0 saturated heterocycles.